The molecule has 2 N–H and O–H groups in total. The second kappa shape index (κ2) is 3.93. The fraction of sp³-hybridized carbons (Fsp3) is 1.00. The number of rotatable bonds is 3. The van der Waals surface area contributed by atoms with Crippen LogP contribution in [0.25, 0.3) is 0 Å². The molecule has 3 aliphatic rings. The zero-order valence-corrected chi connectivity index (χ0v) is 10.9. The first-order valence-electron chi connectivity index (χ1n) is 6.59. The molecule has 0 aromatic heterocycles. The Morgan fingerprint density at radius 2 is 2.06 bits per heavy atom. The first-order valence-corrected chi connectivity index (χ1v) is 8.42. The number of hydrogen-bond donors (Lipinski definition) is 1. The van der Waals surface area contributed by atoms with Gasteiger partial charge in [0.2, 0.25) is 0 Å². The molecule has 98 valence electrons. The number of hydrogen-bond acceptors (Lipinski definition) is 4. The maximum Gasteiger partial charge on any atom is 0.150 e. The fourth-order valence-electron chi connectivity index (χ4n) is 3.76. The van der Waals surface area contributed by atoms with E-state index in [1.54, 1.807) is 0 Å². The van der Waals surface area contributed by atoms with Crippen molar-refractivity contribution in [3.63, 3.8) is 0 Å². The van der Waals surface area contributed by atoms with Crippen LogP contribution in [-0.4, -0.2) is 39.2 Å². The van der Waals surface area contributed by atoms with E-state index in [0.717, 1.165) is 19.4 Å². The fourth-order valence-corrected chi connectivity index (χ4v) is 5.68. The van der Waals surface area contributed by atoms with Gasteiger partial charge in [0, 0.05) is 18.6 Å². The van der Waals surface area contributed by atoms with Crippen LogP contribution in [0.5, 0.6) is 0 Å². The van der Waals surface area contributed by atoms with E-state index in [2.05, 4.69) is 0 Å². The van der Waals surface area contributed by atoms with Crippen LogP contribution in [-0.2, 0) is 14.6 Å². The van der Waals surface area contributed by atoms with Crippen molar-refractivity contribution in [2.24, 2.45) is 23.0 Å². The Morgan fingerprint density at radius 1 is 1.29 bits per heavy atom. The summed E-state index contributed by atoms with van der Waals surface area (Å²) >= 11 is 0. The summed E-state index contributed by atoms with van der Waals surface area (Å²) in [6.07, 6.45) is 4.42. The predicted molar refractivity (Wildman–Crippen MR) is 65.3 cm³/mol. The molecule has 0 amide bonds. The van der Waals surface area contributed by atoms with Crippen molar-refractivity contribution >= 4 is 9.84 Å². The van der Waals surface area contributed by atoms with Crippen molar-refractivity contribution < 1.29 is 13.2 Å². The molecule has 0 bridgehead atoms. The summed E-state index contributed by atoms with van der Waals surface area (Å²) in [5.41, 5.74) is 5.97. The van der Waals surface area contributed by atoms with Crippen molar-refractivity contribution in [3.8, 4) is 0 Å². The predicted octanol–water partition coefficient (Wildman–Crippen LogP) is 0.565. The van der Waals surface area contributed by atoms with E-state index in [-0.39, 0.29) is 17.4 Å². The van der Waals surface area contributed by atoms with Crippen LogP contribution in [0.1, 0.15) is 25.7 Å². The topological polar surface area (TPSA) is 69.4 Å². The van der Waals surface area contributed by atoms with E-state index in [1.165, 1.54) is 12.8 Å². The van der Waals surface area contributed by atoms with Gasteiger partial charge in [0.05, 0.1) is 17.6 Å². The summed E-state index contributed by atoms with van der Waals surface area (Å²) in [7, 11) is -2.82. The lowest BCUT2D eigenvalue weighted by molar-refractivity contribution is 0.00966. The maximum absolute atomic E-state index is 11.7. The lowest BCUT2D eigenvalue weighted by Crippen LogP contribution is -2.46. The third-order valence-electron chi connectivity index (χ3n) is 4.91. The van der Waals surface area contributed by atoms with Gasteiger partial charge in [-0.2, -0.15) is 0 Å². The standard InChI is InChI=1S/C12H21NO3S/c13-8-12(10-3-6-17(14,15)7-10)4-5-16-11(12)9-1-2-9/h9-11H,1-8,13H2. The van der Waals surface area contributed by atoms with Crippen molar-refractivity contribution in [2.75, 3.05) is 24.7 Å². The van der Waals surface area contributed by atoms with Gasteiger partial charge < -0.3 is 10.5 Å². The summed E-state index contributed by atoms with van der Waals surface area (Å²) < 4.78 is 29.2. The van der Waals surface area contributed by atoms with Crippen LogP contribution in [0.15, 0.2) is 0 Å². The summed E-state index contributed by atoms with van der Waals surface area (Å²) in [6.45, 7) is 1.34. The minimum atomic E-state index is -2.82. The number of ether oxygens (including phenoxy) is 1. The molecule has 17 heavy (non-hydrogen) atoms. The number of sulfone groups is 1. The summed E-state index contributed by atoms with van der Waals surface area (Å²) in [4.78, 5) is 0. The zero-order chi connectivity index (χ0) is 12.1. The molecule has 3 unspecified atom stereocenters. The second-order valence-corrected chi connectivity index (χ2v) is 8.14. The quantitative estimate of drug-likeness (QED) is 0.804. The molecule has 0 radical (unpaired) electrons. The Morgan fingerprint density at radius 3 is 2.59 bits per heavy atom. The Kier molecular flexibility index (Phi) is 2.76. The van der Waals surface area contributed by atoms with Crippen LogP contribution in [0.4, 0.5) is 0 Å². The second-order valence-electron chi connectivity index (χ2n) is 5.92. The van der Waals surface area contributed by atoms with Crippen molar-refractivity contribution in [2.45, 2.75) is 31.8 Å². The van der Waals surface area contributed by atoms with E-state index in [0.29, 0.717) is 24.0 Å². The van der Waals surface area contributed by atoms with Crippen LogP contribution in [0, 0.1) is 17.3 Å². The molecular formula is C12H21NO3S. The van der Waals surface area contributed by atoms with E-state index in [1.807, 2.05) is 0 Å². The summed E-state index contributed by atoms with van der Waals surface area (Å²) in [5.74, 6) is 1.54. The lowest BCUT2D eigenvalue weighted by atomic mass is 9.68. The summed E-state index contributed by atoms with van der Waals surface area (Å²) in [5, 5.41) is 0. The highest BCUT2D eigenvalue weighted by Gasteiger charge is 2.56. The average Bonchev–Trinajstić information content (AvgIpc) is 2.93. The van der Waals surface area contributed by atoms with Gasteiger partial charge in [-0.25, -0.2) is 8.42 Å². The van der Waals surface area contributed by atoms with Crippen molar-refractivity contribution in [1.82, 2.24) is 0 Å². The average molecular weight is 259 g/mol. The van der Waals surface area contributed by atoms with Gasteiger partial charge in [-0.1, -0.05) is 0 Å². The molecular weight excluding hydrogens is 238 g/mol. The SMILES string of the molecule is NCC1(C2CCS(=O)(=O)C2)CCOC1C1CC1. The van der Waals surface area contributed by atoms with Gasteiger partial charge in [0.1, 0.15) is 0 Å². The first kappa shape index (κ1) is 11.9. The van der Waals surface area contributed by atoms with Gasteiger partial charge in [0.25, 0.3) is 0 Å². The van der Waals surface area contributed by atoms with E-state index in [9.17, 15) is 8.42 Å². The molecule has 2 aliphatic heterocycles. The van der Waals surface area contributed by atoms with Gasteiger partial charge in [-0.05, 0) is 37.5 Å². The van der Waals surface area contributed by atoms with Crippen LogP contribution in [0.3, 0.4) is 0 Å². The molecule has 1 saturated carbocycles. The lowest BCUT2D eigenvalue weighted by Gasteiger charge is -2.38. The molecule has 2 saturated heterocycles. The Balaban J connectivity index is 1.86. The Hall–Kier alpha value is -0.130. The molecule has 1 aliphatic carbocycles. The minimum Gasteiger partial charge on any atom is -0.377 e. The molecule has 0 spiro atoms. The van der Waals surface area contributed by atoms with E-state index in [4.69, 9.17) is 10.5 Å². The first-order chi connectivity index (χ1) is 8.07. The van der Waals surface area contributed by atoms with Gasteiger partial charge >= 0.3 is 0 Å². The largest absolute Gasteiger partial charge is 0.377 e. The van der Waals surface area contributed by atoms with Gasteiger partial charge in [0.15, 0.2) is 9.84 Å². The molecule has 5 heteroatoms. The monoisotopic (exact) mass is 259 g/mol. The maximum atomic E-state index is 11.7. The molecule has 3 rings (SSSR count). The molecule has 3 fully saturated rings. The molecule has 2 heterocycles. The van der Waals surface area contributed by atoms with Crippen LogP contribution < -0.4 is 5.73 Å². The third-order valence-corrected chi connectivity index (χ3v) is 6.68. The normalized spacial score (nSPS) is 45.2. The molecule has 4 nitrogen and oxygen atoms in total. The Bertz CT molecular complexity index is 404. The smallest absolute Gasteiger partial charge is 0.150 e. The zero-order valence-electron chi connectivity index (χ0n) is 10.1. The summed E-state index contributed by atoms with van der Waals surface area (Å²) in [6, 6.07) is 0. The van der Waals surface area contributed by atoms with Gasteiger partial charge in [-0.15, -0.1) is 0 Å². The van der Waals surface area contributed by atoms with Crippen LogP contribution >= 0.6 is 0 Å². The van der Waals surface area contributed by atoms with E-state index < -0.39 is 9.84 Å². The third kappa shape index (κ3) is 1.92. The molecule has 0 aromatic rings. The Labute approximate surface area is 103 Å². The molecule has 3 atom stereocenters. The van der Waals surface area contributed by atoms with Crippen LogP contribution in [0.2, 0.25) is 0 Å². The molecule has 0 aromatic carbocycles. The highest BCUT2D eigenvalue weighted by atomic mass is 32.2. The minimum absolute atomic E-state index is 0.0509. The number of nitrogens with two attached hydrogens (primary N) is 1. The van der Waals surface area contributed by atoms with Gasteiger partial charge in [-0.3, -0.25) is 0 Å². The van der Waals surface area contributed by atoms with Crippen molar-refractivity contribution in [3.05, 3.63) is 0 Å². The highest BCUT2D eigenvalue weighted by molar-refractivity contribution is 7.91. The highest BCUT2D eigenvalue weighted by Crippen LogP contribution is 2.53. The van der Waals surface area contributed by atoms with Crippen molar-refractivity contribution in [1.29, 1.82) is 0 Å². The van der Waals surface area contributed by atoms with E-state index >= 15 is 0 Å².